The second kappa shape index (κ2) is 4.61. The molecule has 0 spiro atoms. The van der Waals surface area contributed by atoms with Crippen LogP contribution in [0.15, 0.2) is 0 Å². The van der Waals surface area contributed by atoms with E-state index < -0.39 is 0 Å². The van der Waals surface area contributed by atoms with Gasteiger partial charge in [0.1, 0.15) is 0 Å². The Kier molecular flexibility index (Phi) is 3.30. The van der Waals surface area contributed by atoms with Crippen LogP contribution in [0, 0.1) is 6.92 Å². The van der Waals surface area contributed by atoms with Crippen molar-refractivity contribution in [1.82, 2.24) is 14.7 Å². The third kappa shape index (κ3) is 1.86. The topological polar surface area (TPSA) is 73.4 Å². The molecule has 1 saturated heterocycles. The molecule has 6 heteroatoms. The zero-order chi connectivity index (χ0) is 13.4. The SMILES string of the molecule is COc1c(C2C(N)CCC(=O)N2C)c(C)nn1C. The number of aryl methyl sites for hydroxylation is 2. The number of carbonyl (C=O) groups is 1. The molecule has 1 aromatic rings. The van der Waals surface area contributed by atoms with Crippen LogP contribution in [0.1, 0.15) is 30.1 Å². The van der Waals surface area contributed by atoms with Gasteiger partial charge in [0.05, 0.1) is 24.4 Å². The number of carbonyl (C=O) groups excluding carboxylic acids is 1. The molecule has 0 bridgehead atoms. The van der Waals surface area contributed by atoms with E-state index in [0.29, 0.717) is 18.7 Å². The molecule has 1 aliphatic rings. The molecule has 1 aliphatic heterocycles. The highest BCUT2D eigenvalue weighted by Crippen LogP contribution is 2.36. The Bertz CT molecular complexity index is 469. The highest BCUT2D eigenvalue weighted by Gasteiger charge is 2.36. The predicted octanol–water partition coefficient (Wildman–Crippen LogP) is 0.358. The van der Waals surface area contributed by atoms with E-state index >= 15 is 0 Å². The lowest BCUT2D eigenvalue weighted by molar-refractivity contribution is -0.135. The van der Waals surface area contributed by atoms with Crippen molar-refractivity contribution in [3.63, 3.8) is 0 Å². The second-order valence-electron chi connectivity index (χ2n) is 4.78. The Morgan fingerprint density at radius 1 is 1.44 bits per heavy atom. The number of aromatic nitrogens is 2. The van der Waals surface area contributed by atoms with Crippen LogP contribution in [-0.4, -0.2) is 40.8 Å². The van der Waals surface area contributed by atoms with E-state index in [2.05, 4.69) is 5.10 Å². The maximum absolute atomic E-state index is 11.8. The van der Waals surface area contributed by atoms with Gasteiger partial charge in [-0.3, -0.25) is 4.79 Å². The summed E-state index contributed by atoms with van der Waals surface area (Å²) in [5, 5.41) is 4.35. The average Bonchev–Trinajstić information content (AvgIpc) is 2.60. The lowest BCUT2D eigenvalue weighted by atomic mass is 9.91. The van der Waals surface area contributed by atoms with Gasteiger partial charge in [-0.25, -0.2) is 4.68 Å². The highest BCUT2D eigenvalue weighted by atomic mass is 16.5. The summed E-state index contributed by atoms with van der Waals surface area (Å²) >= 11 is 0. The summed E-state index contributed by atoms with van der Waals surface area (Å²) in [6.07, 6.45) is 1.21. The number of piperidine rings is 1. The zero-order valence-electron chi connectivity index (χ0n) is 11.3. The molecule has 18 heavy (non-hydrogen) atoms. The van der Waals surface area contributed by atoms with Crippen molar-refractivity contribution in [3.8, 4) is 5.88 Å². The van der Waals surface area contributed by atoms with Gasteiger partial charge in [0, 0.05) is 26.6 Å². The van der Waals surface area contributed by atoms with Crippen molar-refractivity contribution < 1.29 is 9.53 Å². The molecule has 0 radical (unpaired) electrons. The van der Waals surface area contributed by atoms with Gasteiger partial charge in [-0.15, -0.1) is 0 Å². The molecule has 2 heterocycles. The summed E-state index contributed by atoms with van der Waals surface area (Å²) in [6, 6.07) is -0.237. The first-order valence-corrected chi connectivity index (χ1v) is 6.06. The molecule has 1 fully saturated rings. The van der Waals surface area contributed by atoms with Gasteiger partial charge in [-0.05, 0) is 13.3 Å². The minimum atomic E-state index is -0.158. The van der Waals surface area contributed by atoms with E-state index in [0.717, 1.165) is 11.3 Å². The largest absolute Gasteiger partial charge is 0.481 e. The van der Waals surface area contributed by atoms with Crippen LogP contribution in [0.25, 0.3) is 0 Å². The van der Waals surface area contributed by atoms with Crippen LogP contribution in [0.5, 0.6) is 5.88 Å². The predicted molar refractivity (Wildman–Crippen MR) is 67.2 cm³/mol. The molecule has 2 atom stereocenters. The standard InChI is InChI=1S/C12H20N4O2/c1-7-10(12(18-4)16(3)14-7)11-8(13)5-6-9(17)15(11)2/h8,11H,5-6,13H2,1-4H3. The maximum Gasteiger partial charge on any atom is 0.222 e. The van der Waals surface area contributed by atoms with Crippen LogP contribution in [0.4, 0.5) is 0 Å². The Hall–Kier alpha value is -1.56. The van der Waals surface area contributed by atoms with Crippen molar-refractivity contribution >= 4 is 5.91 Å². The Morgan fingerprint density at radius 2 is 2.11 bits per heavy atom. The molecule has 0 aliphatic carbocycles. The van der Waals surface area contributed by atoms with Gasteiger partial charge >= 0.3 is 0 Å². The average molecular weight is 252 g/mol. The number of hydrogen-bond donors (Lipinski definition) is 1. The smallest absolute Gasteiger partial charge is 0.222 e. The van der Waals surface area contributed by atoms with Crippen molar-refractivity contribution in [2.24, 2.45) is 12.8 Å². The van der Waals surface area contributed by atoms with Crippen LogP contribution >= 0.6 is 0 Å². The monoisotopic (exact) mass is 252 g/mol. The van der Waals surface area contributed by atoms with Gasteiger partial charge < -0.3 is 15.4 Å². The minimum Gasteiger partial charge on any atom is -0.481 e. The van der Waals surface area contributed by atoms with Gasteiger partial charge in [-0.1, -0.05) is 0 Å². The van der Waals surface area contributed by atoms with Crippen LogP contribution in [0.2, 0.25) is 0 Å². The third-order valence-corrected chi connectivity index (χ3v) is 3.61. The van der Waals surface area contributed by atoms with Crippen molar-refractivity contribution in [2.45, 2.75) is 31.8 Å². The number of rotatable bonds is 2. The highest BCUT2D eigenvalue weighted by molar-refractivity contribution is 5.77. The van der Waals surface area contributed by atoms with E-state index in [1.165, 1.54) is 0 Å². The molecule has 1 aromatic heterocycles. The van der Waals surface area contributed by atoms with E-state index in [4.69, 9.17) is 10.5 Å². The number of nitrogens with two attached hydrogens (primary N) is 1. The molecule has 100 valence electrons. The number of hydrogen-bond acceptors (Lipinski definition) is 4. The molecule has 2 N–H and O–H groups in total. The molecule has 1 amide bonds. The molecule has 2 unspecified atom stereocenters. The molecule has 0 aromatic carbocycles. The first kappa shape index (κ1) is 12.9. The molecule has 6 nitrogen and oxygen atoms in total. The lowest BCUT2D eigenvalue weighted by Crippen LogP contribution is -2.47. The van der Waals surface area contributed by atoms with Crippen LogP contribution < -0.4 is 10.5 Å². The normalized spacial score (nSPS) is 24.5. The maximum atomic E-state index is 11.8. The molecule has 2 rings (SSSR count). The summed E-state index contributed by atoms with van der Waals surface area (Å²) in [5.74, 6) is 0.793. The van der Waals surface area contributed by atoms with Gasteiger partial charge in [0.25, 0.3) is 0 Å². The number of methoxy groups -OCH3 is 1. The number of likely N-dealkylation sites (N-methyl/N-ethyl adjacent to an activating group) is 1. The fraction of sp³-hybridized carbons (Fsp3) is 0.667. The number of likely N-dealkylation sites (tertiary alicyclic amines) is 1. The molecule has 0 saturated carbocycles. The molecular formula is C12H20N4O2. The second-order valence-corrected chi connectivity index (χ2v) is 4.78. The first-order chi connectivity index (χ1) is 8.47. The number of amides is 1. The zero-order valence-corrected chi connectivity index (χ0v) is 11.3. The third-order valence-electron chi connectivity index (χ3n) is 3.61. The Morgan fingerprint density at radius 3 is 2.72 bits per heavy atom. The van der Waals surface area contributed by atoms with Gasteiger partial charge in [-0.2, -0.15) is 5.10 Å². The summed E-state index contributed by atoms with van der Waals surface area (Å²) in [5.41, 5.74) is 7.96. The fourth-order valence-corrected chi connectivity index (χ4v) is 2.71. The Labute approximate surface area is 107 Å². The van der Waals surface area contributed by atoms with Gasteiger partial charge in [0.15, 0.2) is 0 Å². The van der Waals surface area contributed by atoms with Crippen LogP contribution in [-0.2, 0) is 11.8 Å². The van der Waals surface area contributed by atoms with Crippen molar-refractivity contribution in [1.29, 1.82) is 0 Å². The quantitative estimate of drug-likeness (QED) is 0.824. The lowest BCUT2D eigenvalue weighted by Gasteiger charge is -2.37. The van der Waals surface area contributed by atoms with E-state index in [1.54, 1.807) is 23.7 Å². The minimum absolute atomic E-state index is 0.0792. The fourth-order valence-electron chi connectivity index (χ4n) is 2.71. The van der Waals surface area contributed by atoms with Crippen molar-refractivity contribution in [3.05, 3.63) is 11.3 Å². The summed E-state index contributed by atoms with van der Waals surface area (Å²) < 4.78 is 7.07. The summed E-state index contributed by atoms with van der Waals surface area (Å²) in [7, 11) is 5.22. The van der Waals surface area contributed by atoms with Crippen molar-refractivity contribution in [2.75, 3.05) is 14.2 Å². The van der Waals surface area contributed by atoms with E-state index in [-0.39, 0.29) is 18.0 Å². The number of ether oxygens (including phenoxy) is 1. The first-order valence-electron chi connectivity index (χ1n) is 6.06. The molecular weight excluding hydrogens is 232 g/mol. The number of nitrogens with zero attached hydrogens (tertiary/aromatic N) is 3. The summed E-state index contributed by atoms with van der Waals surface area (Å²) in [6.45, 7) is 1.91. The Balaban J connectivity index is 2.49. The van der Waals surface area contributed by atoms with E-state index in [1.807, 2.05) is 14.0 Å². The van der Waals surface area contributed by atoms with E-state index in [9.17, 15) is 4.79 Å². The van der Waals surface area contributed by atoms with Gasteiger partial charge in [0.2, 0.25) is 11.8 Å². The summed E-state index contributed by atoms with van der Waals surface area (Å²) in [4.78, 5) is 13.6. The van der Waals surface area contributed by atoms with Crippen LogP contribution in [0.3, 0.4) is 0 Å².